The van der Waals surface area contributed by atoms with Crippen molar-refractivity contribution in [3.8, 4) is 0 Å². The minimum Gasteiger partial charge on any atom is -0.348 e. The van der Waals surface area contributed by atoms with Crippen LogP contribution in [0.2, 0.25) is 0 Å². The fourth-order valence-electron chi connectivity index (χ4n) is 3.68. The van der Waals surface area contributed by atoms with Crippen LogP contribution in [0.4, 0.5) is 8.78 Å². The number of carbonyl (C=O) groups is 2. The van der Waals surface area contributed by atoms with E-state index in [-0.39, 0.29) is 23.4 Å². The number of amides is 2. The molecule has 3 saturated heterocycles. The van der Waals surface area contributed by atoms with Gasteiger partial charge in [-0.25, -0.2) is 8.78 Å². The maximum absolute atomic E-state index is 13.5. The molecule has 0 unspecified atom stereocenters. The Labute approximate surface area is 146 Å². The fourth-order valence-corrected chi connectivity index (χ4v) is 3.68. The minimum absolute atomic E-state index is 0.00525. The number of hydrogen-bond acceptors (Lipinski definition) is 3. The lowest BCUT2D eigenvalue weighted by molar-refractivity contribution is -0.129. The first-order chi connectivity index (χ1) is 11.8. The minimum atomic E-state index is -1.01. The molecule has 0 saturated carbocycles. The Hall–Kier alpha value is -2.02. The van der Waals surface area contributed by atoms with Crippen molar-refractivity contribution < 1.29 is 18.4 Å². The highest BCUT2D eigenvalue weighted by atomic mass is 19.2. The van der Waals surface area contributed by atoms with E-state index in [1.165, 1.54) is 6.07 Å². The van der Waals surface area contributed by atoms with E-state index in [0.717, 1.165) is 31.5 Å². The van der Waals surface area contributed by atoms with Gasteiger partial charge in [0.05, 0.1) is 6.54 Å². The molecular weight excluding hydrogens is 328 g/mol. The molecule has 3 fully saturated rings. The largest absolute Gasteiger partial charge is 0.348 e. The average molecular weight is 351 g/mol. The number of hydrogen-bond donors (Lipinski definition) is 0. The molecule has 4 rings (SSSR count). The van der Waals surface area contributed by atoms with Crippen molar-refractivity contribution in [1.29, 1.82) is 0 Å². The highest BCUT2D eigenvalue weighted by molar-refractivity contribution is 5.94. The Kier molecular flexibility index (Phi) is 5.03. The van der Waals surface area contributed by atoms with Gasteiger partial charge < -0.3 is 9.80 Å². The lowest BCUT2D eigenvalue weighted by Crippen LogP contribution is -2.47. The molecule has 2 bridgehead atoms. The van der Waals surface area contributed by atoms with Crippen LogP contribution in [0.3, 0.4) is 0 Å². The number of carbonyl (C=O) groups excluding carboxylic acids is 2. The van der Waals surface area contributed by atoms with Gasteiger partial charge in [-0.1, -0.05) is 0 Å². The highest BCUT2D eigenvalue weighted by Crippen LogP contribution is 2.29. The Morgan fingerprint density at radius 2 is 1.88 bits per heavy atom. The Bertz CT molecular complexity index is 680. The van der Waals surface area contributed by atoms with Crippen molar-refractivity contribution in [3.05, 3.63) is 35.4 Å². The zero-order chi connectivity index (χ0) is 18.1. The second-order valence-corrected chi connectivity index (χ2v) is 7.17. The van der Waals surface area contributed by atoms with E-state index >= 15 is 0 Å². The van der Waals surface area contributed by atoms with Crippen LogP contribution in [-0.4, -0.2) is 72.8 Å². The van der Waals surface area contributed by atoms with Gasteiger partial charge in [-0.3, -0.25) is 14.5 Å². The second kappa shape index (κ2) is 7.07. The van der Waals surface area contributed by atoms with E-state index in [1.54, 1.807) is 23.9 Å². The van der Waals surface area contributed by atoms with Gasteiger partial charge in [-0.15, -0.1) is 0 Å². The van der Waals surface area contributed by atoms with Crippen molar-refractivity contribution in [2.75, 3.05) is 40.3 Å². The van der Waals surface area contributed by atoms with Crippen molar-refractivity contribution in [3.63, 3.8) is 0 Å². The van der Waals surface area contributed by atoms with Crippen LogP contribution in [0.25, 0.3) is 0 Å². The number of benzene rings is 1. The zero-order valence-corrected chi connectivity index (χ0v) is 14.5. The van der Waals surface area contributed by atoms with E-state index in [2.05, 4.69) is 4.90 Å². The smallest absolute Gasteiger partial charge is 0.254 e. The third-order valence-corrected chi connectivity index (χ3v) is 5.07. The molecule has 3 aliphatic heterocycles. The van der Waals surface area contributed by atoms with Gasteiger partial charge in [-0.05, 0) is 37.0 Å². The normalized spacial score (nSPS) is 23.4. The van der Waals surface area contributed by atoms with Gasteiger partial charge in [0.15, 0.2) is 11.6 Å². The Morgan fingerprint density at radius 3 is 2.56 bits per heavy atom. The summed E-state index contributed by atoms with van der Waals surface area (Å²) in [6, 6.07) is 3.27. The quantitative estimate of drug-likeness (QED) is 0.831. The van der Waals surface area contributed by atoms with Crippen molar-refractivity contribution in [1.82, 2.24) is 14.7 Å². The monoisotopic (exact) mass is 351 g/mol. The molecule has 136 valence electrons. The summed E-state index contributed by atoms with van der Waals surface area (Å²) in [6.45, 7) is 2.34. The Morgan fingerprint density at radius 1 is 1.12 bits per heavy atom. The summed E-state index contributed by atoms with van der Waals surface area (Å²) in [5, 5.41) is 0. The second-order valence-electron chi connectivity index (χ2n) is 7.17. The molecule has 3 aliphatic rings. The SMILES string of the molecule is CN(C)C(=O)CN1C[C@H]2CC[C@@H](C1)N(C(=O)c1ccc(F)c(F)c1)C2. The summed E-state index contributed by atoms with van der Waals surface area (Å²) < 4.78 is 26.6. The van der Waals surface area contributed by atoms with E-state index in [9.17, 15) is 18.4 Å². The third kappa shape index (κ3) is 3.81. The van der Waals surface area contributed by atoms with Crippen LogP contribution < -0.4 is 0 Å². The van der Waals surface area contributed by atoms with Crippen molar-refractivity contribution in [2.24, 2.45) is 5.92 Å². The summed E-state index contributed by atoms with van der Waals surface area (Å²) in [4.78, 5) is 30.2. The maximum atomic E-state index is 13.5. The van der Waals surface area contributed by atoms with Crippen LogP contribution in [0, 0.1) is 17.6 Å². The number of likely N-dealkylation sites (N-methyl/N-ethyl adjacent to an activating group) is 1. The van der Waals surface area contributed by atoms with Crippen LogP contribution in [0.1, 0.15) is 23.2 Å². The van der Waals surface area contributed by atoms with Gasteiger partial charge in [0.25, 0.3) is 5.91 Å². The molecule has 5 nitrogen and oxygen atoms in total. The summed E-state index contributed by atoms with van der Waals surface area (Å²) >= 11 is 0. The lowest BCUT2D eigenvalue weighted by Gasteiger charge is -2.36. The zero-order valence-electron chi connectivity index (χ0n) is 14.5. The molecule has 2 amide bonds. The fraction of sp³-hybridized carbons (Fsp3) is 0.556. The summed E-state index contributed by atoms with van der Waals surface area (Å²) in [5.41, 5.74) is 0.169. The number of piperidine rings is 1. The Balaban J connectivity index is 1.75. The predicted octanol–water partition coefficient (Wildman–Crippen LogP) is 1.59. The molecule has 7 heteroatoms. The maximum Gasteiger partial charge on any atom is 0.254 e. The summed E-state index contributed by atoms with van der Waals surface area (Å²) in [7, 11) is 3.46. The first kappa shape index (κ1) is 17.8. The average Bonchev–Trinajstić information content (AvgIpc) is 2.87. The van der Waals surface area contributed by atoms with Gasteiger partial charge in [-0.2, -0.15) is 0 Å². The number of nitrogens with zero attached hydrogens (tertiary/aromatic N) is 3. The standard InChI is InChI=1S/C18H23F2N3O2/c1-21(2)17(24)11-22-8-12-3-5-14(10-22)23(9-12)18(25)13-4-6-15(19)16(20)7-13/h4,6-7,12,14H,3,5,8-11H2,1-2H3/t12-,14+/m1/s1. The summed E-state index contributed by atoms with van der Waals surface area (Å²) in [6.07, 6.45) is 1.88. The van der Waals surface area contributed by atoms with Crippen molar-refractivity contribution in [2.45, 2.75) is 18.9 Å². The first-order valence-electron chi connectivity index (χ1n) is 8.53. The lowest BCUT2D eigenvalue weighted by atomic mass is 9.94. The van der Waals surface area contributed by atoms with Crippen LogP contribution in [0.5, 0.6) is 0 Å². The van der Waals surface area contributed by atoms with E-state index < -0.39 is 11.6 Å². The number of halogens is 2. The topological polar surface area (TPSA) is 43.9 Å². The number of fused-ring (bicyclic) bond motifs is 4. The third-order valence-electron chi connectivity index (χ3n) is 5.07. The van der Waals surface area contributed by atoms with Crippen LogP contribution in [-0.2, 0) is 4.79 Å². The molecule has 25 heavy (non-hydrogen) atoms. The van der Waals surface area contributed by atoms with Crippen LogP contribution >= 0.6 is 0 Å². The molecule has 0 aromatic heterocycles. The number of rotatable bonds is 3. The molecule has 0 radical (unpaired) electrons. The highest BCUT2D eigenvalue weighted by Gasteiger charge is 2.38. The molecule has 0 N–H and O–H groups in total. The van der Waals surface area contributed by atoms with E-state index in [1.807, 2.05) is 0 Å². The van der Waals surface area contributed by atoms with Gasteiger partial charge >= 0.3 is 0 Å². The van der Waals surface area contributed by atoms with Crippen molar-refractivity contribution >= 4 is 11.8 Å². The molecule has 0 aliphatic carbocycles. The first-order valence-corrected chi connectivity index (χ1v) is 8.53. The van der Waals surface area contributed by atoms with E-state index in [4.69, 9.17) is 0 Å². The van der Waals surface area contributed by atoms with E-state index in [0.29, 0.717) is 25.6 Å². The predicted molar refractivity (Wildman–Crippen MR) is 89.0 cm³/mol. The van der Waals surface area contributed by atoms with Crippen LogP contribution in [0.15, 0.2) is 18.2 Å². The molecular formula is C18H23F2N3O2. The summed E-state index contributed by atoms with van der Waals surface area (Å²) in [5.74, 6) is -1.90. The molecule has 2 atom stereocenters. The molecule has 1 aromatic carbocycles. The molecule has 0 spiro atoms. The molecule has 3 heterocycles. The van der Waals surface area contributed by atoms with Gasteiger partial charge in [0.1, 0.15) is 0 Å². The van der Waals surface area contributed by atoms with Gasteiger partial charge in [0, 0.05) is 45.3 Å². The van der Waals surface area contributed by atoms with Gasteiger partial charge in [0.2, 0.25) is 5.91 Å². The molecule has 1 aromatic rings.